The number of aryl methyl sites for hydroxylation is 1. The average molecular weight is 598 g/mol. The largest absolute Gasteiger partial charge is 0.357 e. The third kappa shape index (κ3) is 4.90. The van der Waals surface area contributed by atoms with Crippen molar-refractivity contribution in [2.24, 2.45) is 17.8 Å². The predicted molar refractivity (Wildman–Crippen MR) is 190 cm³/mol. The summed E-state index contributed by atoms with van der Waals surface area (Å²) in [6, 6.07) is 28.8. The predicted octanol–water partition coefficient (Wildman–Crippen LogP) is 9.98. The van der Waals surface area contributed by atoms with E-state index in [1.807, 2.05) is 12.1 Å². The lowest BCUT2D eigenvalue weighted by molar-refractivity contribution is 0.481. The van der Waals surface area contributed by atoms with E-state index in [1.165, 1.54) is 52.1 Å². The monoisotopic (exact) mass is 597 g/mol. The van der Waals surface area contributed by atoms with Gasteiger partial charge in [-0.2, -0.15) is 5.26 Å². The number of fused-ring (bicyclic) bond motifs is 4. The lowest BCUT2D eigenvalue weighted by atomic mass is 9.74. The van der Waals surface area contributed by atoms with Crippen molar-refractivity contribution in [2.45, 2.75) is 44.7 Å². The number of benzene rings is 3. The Bertz CT molecular complexity index is 1910. The molecule has 0 saturated carbocycles. The van der Waals surface area contributed by atoms with Crippen LogP contribution >= 0.6 is 0 Å². The molecule has 0 amide bonds. The van der Waals surface area contributed by atoms with Gasteiger partial charge >= 0.3 is 0 Å². The summed E-state index contributed by atoms with van der Waals surface area (Å²) >= 11 is 0. The number of allylic oxidation sites excluding steroid dienone is 8. The molecule has 3 heteroatoms. The Morgan fingerprint density at radius 2 is 1.65 bits per heavy atom. The van der Waals surface area contributed by atoms with Crippen LogP contribution in [0.3, 0.4) is 0 Å². The minimum absolute atomic E-state index is 0.230. The number of hydrogen-bond acceptors (Lipinski definition) is 3. The molecule has 0 radical (unpaired) electrons. The second-order valence-corrected chi connectivity index (χ2v) is 13.1. The minimum Gasteiger partial charge on any atom is -0.357 e. The Hall–Kier alpha value is -5.07. The highest BCUT2D eigenvalue weighted by Gasteiger charge is 2.49. The van der Waals surface area contributed by atoms with Gasteiger partial charge in [0.15, 0.2) is 0 Å². The Kier molecular flexibility index (Phi) is 7.43. The van der Waals surface area contributed by atoms with Crippen LogP contribution in [0.25, 0.3) is 11.1 Å². The van der Waals surface area contributed by atoms with Crippen LogP contribution in [0, 0.1) is 36.0 Å². The zero-order chi connectivity index (χ0) is 31.0. The summed E-state index contributed by atoms with van der Waals surface area (Å²) in [5.74, 6) is 1.23. The van der Waals surface area contributed by atoms with Crippen LogP contribution in [0.2, 0.25) is 0 Å². The lowest BCUT2D eigenvalue weighted by Crippen LogP contribution is -2.40. The Labute approximate surface area is 273 Å². The van der Waals surface area contributed by atoms with Crippen molar-refractivity contribution in [3.8, 4) is 17.2 Å². The van der Waals surface area contributed by atoms with E-state index in [-0.39, 0.29) is 12.1 Å². The standard InChI is InChI=1S/C43H39N3/c1-30-12-4-5-17-36(30)33-15-9-16-35(28-33)46-41-22-7-6-18-37(41)38-20-11-21-40(43(38)46)39-19-10-14-32-13-3-2-8-27-45(42(32)39)34-25-23-31(29-44)24-26-34/h2-9,11-12,15-18,20-28,32,37-38,41,43H,10,13-14,19H2,1H3/b3-2-,27-8-/t32?,37?,38?,41?,43-/m1/s1. The molecule has 3 nitrogen and oxygen atoms in total. The highest BCUT2D eigenvalue weighted by Crippen LogP contribution is 2.51. The third-order valence-corrected chi connectivity index (χ3v) is 10.6. The molecule has 0 N–H and O–H groups in total. The zero-order valence-corrected chi connectivity index (χ0v) is 26.3. The van der Waals surface area contributed by atoms with Gasteiger partial charge in [0, 0.05) is 41.0 Å². The molecule has 4 unspecified atom stereocenters. The van der Waals surface area contributed by atoms with Gasteiger partial charge in [-0.25, -0.2) is 0 Å². The van der Waals surface area contributed by atoms with Gasteiger partial charge in [0.25, 0.3) is 0 Å². The van der Waals surface area contributed by atoms with Crippen LogP contribution in [-0.4, -0.2) is 12.1 Å². The molecule has 8 rings (SSSR count). The third-order valence-electron chi connectivity index (χ3n) is 10.6. The Morgan fingerprint density at radius 3 is 2.52 bits per heavy atom. The van der Waals surface area contributed by atoms with Crippen LogP contribution in [0.4, 0.5) is 11.4 Å². The molecule has 226 valence electrons. The molecule has 3 aromatic carbocycles. The Balaban J connectivity index is 1.28. The second-order valence-electron chi connectivity index (χ2n) is 13.1. The molecule has 46 heavy (non-hydrogen) atoms. The van der Waals surface area contributed by atoms with Crippen molar-refractivity contribution >= 4 is 11.4 Å². The molecule has 1 fully saturated rings. The second kappa shape index (κ2) is 12.0. The number of nitrogens with zero attached hydrogens (tertiary/aromatic N) is 3. The van der Waals surface area contributed by atoms with Crippen molar-refractivity contribution in [1.82, 2.24) is 0 Å². The molecular weight excluding hydrogens is 558 g/mol. The van der Waals surface area contributed by atoms with Crippen molar-refractivity contribution in [2.75, 3.05) is 9.80 Å². The summed E-state index contributed by atoms with van der Waals surface area (Å²) < 4.78 is 0. The number of hydrogen-bond donors (Lipinski definition) is 0. The fourth-order valence-corrected chi connectivity index (χ4v) is 8.51. The molecule has 3 aliphatic carbocycles. The quantitative estimate of drug-likeness (QED) is 0.300. The SMILES string of the molecule is Cc1ccccc1-c1cccc(N2C3C=CC=CC3C3C=CC=C(C4=C5C(C/C=C\C=C/N5c5ccc(C#N)cc5)CCC4)[C@@H]32)c1. The molecule has 0 bridgehead atoms. The van der Waals surface area contributed by atoms with E-state index in [1.54, 1.807) is 0 Å². The van der Waals surface area contributed by atoms with Gasteiger partial charge in [-0.1, -0.05) is 91.1 Å². The van der Waals surface area contributed by atoms with E-state index in [9.17, 15) is 5.26 Å². The van der Waals surface area contributed by atoms with Gasteiger partial charge in [-0.3, -0.25) is 0 Å². The molecule has 0 aromatic heterocycles. The first-order valence-corrected chi connectivity index (χ1v) is 16.8. The first-order valence-electron chi connectivity index (χ1n) is 16.8. The van der Waals surface area contributed by atoms with Crippen molar-refractivity contribution < 1.29 is 0 Å². The van der Waals surface area contributed by atoms with Crippen LogP contribution < -0.4 is 9.80 Å². The fraction of sp³-hybridized carbons (Fsp3) is 0.233. The Morgan fingerprint density at radius 1 is 0.804 bits per heavy atom. The molecule has 2 heterocycles. The van der Waals surface area contributed by atoms with Gasteiger partial charge in [-0.05, 0) is 103 Å². The summed E-state index contributed by atoms with van der Waals surface area (Å²) in [6.45, 7) is 2.21. The van der Waals surface area contributed by atoms with Crippen LogP contribution in [-0.2, 0) is 0 Å². The van der Waals surface area contributed by atoms with Gasteiger partial charge in [-0.15, -0.1) is 0 Å². The summed E-state index contributed by atoms with van der Waals surface area (Å²) in [7, 11) is 0. The maximum atomic E-state index is 9.49. The fourth-order valence-electron chi connectivity index (χ4n) is 8.51. The number of nitriles is 1. The molecule has 5 aliphatic rings. The van der Waals surface area contributed by atoms with E-state index in [0.717, 1.165) is 18.5 Å². The smallest absolute Gasteiger partial charge is 0.0991 e. The maximum Gasteiger partial charge on any atom is 0.0991 e. The highest BCUT2D eigenvalue weighted by atomic mass is 15.2. The average Bonchev–Trinajstić information content (AvgIpc) is 3.44. The first-order chi connectivity index (χ1) is 22.7. The van der Waals surface area contributed by atoms with Crippen molar-refractivity contribution in [1.29, 1.82) is 5.26 Å². The van der Waals surface area contributed by atoms with Gasteiger partial charge in [0.1, 0.15) is 0 Å². The molecule has 0 spiro atoms. The van der Waals surface area contributed by atoms with E-state index in [0.29, 0.717) is 23.3 Å². The highest BCUT2D eigenvalue weighted by molar-refractivity contribution is 5.73. The first kappa shape index (κ1) is 28.4. The summed E-state index contributed by atoms with van der Waals surface area (Å²) in [4.78, 5) is 5.15. The molecule has 5 atom stereocenters. The molecule has 2 aliphatic heterocycles. The van der Waals surface area contributed by atoms with E-state index >= 15 is 0 Å². The summed E-state index contributed by atoms with van der Waals surface area (Å²) in [5.41, 5.74) is 11.3. The van der Waals surface area contributed by atoms with Gasteiger partial charge in [0.05, 0.1) is 23.7 Å². The van der Waals surface area contributed by atoms with Gasteiger partial charge < -0.3 is 9.80 Å². The van der Waals surface area contributed by atoms with Gasteiger partial charge in [0.2, 0.25) is 0 Å². The topological polar surface area (TPSA) is 30.3 Å². The molecule has 3 aromatic rings. The molecular formula is C43H39N3. The number of anilines is 2. The van der Waals surface area contributed by atoms with E-state index in [4.69, 9.17) is 0 Å². The van der Waals surface area contributed by atoms with Crippen LogP contribution in [0.1, 0.15) is 36.8 Å². The van der Waals surface area contributed by atoms with Crippen LogP contribution in [0.15, 0.2) is 157 Å². The molecule has 1 saturated heterocycles. The maximum absolute atomic E-state index is 9.49. The van der Waals surface area contributed by atoms with Crippen LogP contribution in [0.5, 0.6) is 0 Å². The van der Waals surface area contributed by atoms with E-state index < -0.39 is 0 Å². The van der Waals surface area contributed by atoms with Crippen molar-refractivity contribution in [3.05, 3.63) is 168 Å². The lowest BCUT2D eigenvalue weighted by Gasteiger charge is -2.41. The minimum atomic E-state index is 0.230. The van der Waals surface area contributed by atoms with E-state index in [2.05, 4.69) is 150 Å². The number of rotatable bonds is 4. The summed E-state index contributed by atoms with van der Waals surface area (Å²) in [6.07, 6.45) is 29.9. The normalized spacial score (nSPS) is 27.6. The summed E-state index contributed by atoms with van der Waals surface area (Å²) in [5, 5.41) is 9.49. The zero-order valence-electron chi connectivity index (χ0n) is 26.3. The van der Waals surface area contributed by atoms with Crippen molar-refractivity contribution in [3.63, 3.8) is 0 Å².